The lowest BCUT2D eigenvalue weighted by Crippen LogP contribution is -2.34. The molecule has 0 saturated heterocycles. The number of anilines is 1. The Morgan fingerprint density at radius 2 is 1.88 bits per heavy atom. The standard InChI is InChI=1S/C16H20N6O2S/c1-12(22(25(4,23)24)14-8-6-5-7-9-14)16-18-13(2)19-21(16)15-10-17-20(3)11-15/h5-12H,1-4H3. The maximum absolute atomic E-state index is 12.5. The van der Waals surface area contributed by atoms with E-state index in [9.17, 15) is 8.42 Å². The van der Waals surface area contributed by atoms with E-state index in [1.54, 1.807) is 59.9 Å². The van der Waals surface area contributed by atoms with Gasteiger partial charge < -0.3 is 0 Å². The zero-order valence-corrected chi connectivity index (χ0v) is 15.3. The molecule has 2 aromatic heterocycles. The van der Waals surface area contributed by atoms with Crippen LogP contribution in [0, 0.1) is 6.92 Å². The van der Waals surface area contributed by atoms with Crippen LogP contribution in [0.5, 0.6) is 0 Å². The van der Waals surface area contributed by atoms with Crippen LogP contribution in [0.4, 0.5) is 5.69 Å². The van der Waals surface area contributed by atoms with E-state index in [1.807, 2.05) is 13.1 Å². The van der Waals surface area contributed by atoms with Crippen molar-refractivity contribution in [3.63, 3.8) is 0 Å². The van der Waals surface area contributed by atoms with Crippen LogP contribution in [-0.4, -0.2) is 39.2 Å². The minimum absolute atomic E-state index is 0.528. The predicted molar refractivity (Wildman–Crippen MR) is 95.0 cm³/mol. The first-order chi connectivity index (χ1) is 11.8. The topological polar surface area (TPSA) is 85.9 Å². The Morgan fingerprint density at radius 1 is 1.20 bits per heavy atom. The van der Waals surface area contributed by atoms with E-state index in [0.29, 0.717) is 17.3 Å². The maximum atomic E-state index is 12.5. The SMILES string of the molecule is Cc1nc(C(C)N(c2ccccc2)S(C)(=O)=O)n(-c2cnn(C)c2)n1. The highest BCUT2D eigenvalue weighted by atomic mass is 32.2. The average Bonchev–Trinajstić information content (AvgIpc) is 3.13. The smallest absolute Gasteiger partial charge is 0.232 e. The fourth-order valence-corrected chi connectivity index (χ4v) is 3.96. The minimum Gasteiger partial charge on any atom is -0.274 e. The van der Waals surface area contributed by atoms with E-state index in [1.165, 1.54) is 10.6 Å². The van der Waals surface area contributed by atoms with Crippen LogP contribution >= 0.6 is 0 Å². The molecule has 0 aliphatic carbocycles. The van der Waals surface area contributed by atoms with Crippen molar-refractivity contribution in [2.45, 2.75) is 19.9 Å². The normalized spacial score (nSPS) is 13.0. The van der Waals surface area contributed by atoms with Crippen LogP contribution in [0.3, 0.4) is 0 Å². The Hall–Kier alpha value is -2.68. The lowest BCUT2D eigenvalue weighted by Gasteiger charge is -2.28. The van der Waals surface area contributed by atoms with Crippen molar-refractivity contribution in [3.8, 4) is 5.69 Å². The van der Waals surface area contributed by atoms with Crippen molar-refractivity contribution in [1.29, 1.82) is 0 Å². The van der Waals surface area contributed by atoms with E-state index in [0.717, 1.165) is 5.69 Å². The summed E-state index contributed by atoms with van der Waals surface area (Å²) in [4.78, 5) is 4.46. The molecule has 0 amide bonds. The highest BCUT2D eigenvalue weighted by molar-refractivity contribution is 7.92. The van der Waals surface area contributed by atoms with Crippen molar-refractivity contribution < 1.29 is 8.42 Å². The van der Waals surface area contributed by atoms with Gasteiger partial charge in [-0.05, 0) is 26.0 Å². The van der Waals surface area contributed by atoms with E-state index < -0.39 is 16.1 Å². The highest BCUT2D eigenvalue weighted by Gasteiger charge is 2.29. The summed E-state index contributed by atoms with van der Waals surface area (Å²) in [6.45, 7) is 3.57. The van der Waals surface area contributed by atoms with Crippen LogP contribution in [-0.2, 0) is 17.1 Å². The zero-order valence-electron chi connectivity index (χ0n) is 14.5. The number of benzene rings is 1. The number of hydrogen-bond donors (Lipinski definition) is 0. The average molecular weight is 360 g/mol. The largest absolute Gasteiger partial charge is 0.274 e. The van der Waals surface area contributed by atoms with E-state index in [-0.39, 0.29) is 0 Å². The number of rotatable bonds is 5. The van der Waals surface area contributed by atoms with Crippen molar-refractivity contribution in [2.75, 3.05) is 10.6 Å². The van der Waals surface area contributed by atoms with Gasteiger partial charge in [0.15, 0.2) is 5.82 Å². The summed E-state index contributed by atoms with van der Waals surface area (Å²) in [5, 5.41) is 8.55. The maximum Gasteiger partial charge on any atom is 0.232 e. The van der Waals surface area contributed by atoms with Gasteiger partial charge in [-0.15, -0.1) is 0 Å². The molecular weight excluding hydrogens is 340 g/mol. The van der Waals surface area contributed by atoms with Gasteiger partial charge in [0.2, 0.25) is 10.0 Å². The van der Waals surface area contributed by atoms with Crippen molar-refractivity contribution >= 4 is 15.7 Å². The number of aryl methyl sites for hydroxylation is 2. The fourth-order valence-electron chi connectivity index (χ4n) is 2.79. The summed E-state index contributed by atoms with van der Waals surface area (Å²) in [6.07, 6.45) is 4.66. The molecule has 8 nitrogen and oxygen atoms in total. The zero-order chi connectivity index (χ0) is 18.2. The second-order valence-electron chi connectivity index (χ2n) is 5.87. The molecule has 0 spiro atoms. The molecule has 25 heavy (non-hydrogen) atoms. The first-order valence-electron chi connectivity index (χ1n) is 7.74. The lowest BCUT2D eigenvalue weighted by molar-refractivity contribution is 0.581. The van der Waals surface area contributed by atoms with E-state index in [4.69, 9.17) is 0 Å². The number of sulfonamides is 1. The van der Waals surface area contributed by atoms with E-state index in [2.05, 4.69) is 15.2 Å². The van der Waals surface area contributed by atoms with Crippen LogP contribution in [0.15, 0.2) is 42.7 Å². The molecule has 0 saturated carbocycles. The Kier molecular flexibility index (Phi) is 4.34. The number of aromatic nitrogens is 5. The quantitative estimate of drug-likeness (QED) is 0.693. The Morgan fingerprint density at radius 3 is 2.44 bits per heavy atom. The summed E-state index contributed by atoms with van der Waals surface area (Å²) in [5.41, 5.74) is 1.31. The summed E-state index contributed by atoms with van der Waals surface area (Å²) in [7, 11) is -1.71. The fraction of sp³-hybridized carbons (Fsp3) is 0.312. The predicted octanol–water partition coefficient (Wildman–Crippen LogP) is 1.84. The molecule has 0 fully saturated rings. The molecule has 0 radical (unpaired) electrons. The highest BCUT2D eigenvalue weighted by Crippen LogP contribution is 2.29. The monoisotopic (exact) mass is 360 g/mol. The van der Waals surface area contributed by atoms with Crippen LogP contribution in [0.2, 0.25) is 0 Å². The summed E-state index contributed by atoms with van der Waals surface area (Å²) >= 11 is 0. The first-order valence-corrected chi connectivity index (χ1v) is 9.59. The third-order valence-electron chi connectivity index (χ3n) is 3.77. The Labute approximate surface area is 146 Å². The molecule has 1 aromatic carbocycles. The van der Waals surface area contributed by atoms with Gasteiger partial charge in [0.1, 0.15) is 17.6 Å². The van der Waals surface area contributed by atoms with Crippen molar-refractivity contribution in [2.24, 2.45) is 7.05 Å². The van der Waals surface area contributed by atoms with Gasteiger partial charge in [-0.25, -0.2) is 18.1 Å². The minimum atomic E-state index is -3.52. The molecule has 0 aliphatic heterocycles. The molecule has 1 atom stereocenters. The van der Waals surface area contributed by atoms with Gasteiger partial charge in [-0.1, -0.05) is 18.2 Å². The molecule has 3 aromatic rings. The third-order valence-corrected chi connectivity index (χ3v) is 5.01. The van der Waals surface area contributed by atoms with Gasteiger partial charge in [0, 0.05) is 7.05 Å². The van der Waals surface area contributed by atoms with Crippen molar-refractivity contribution in [1.82, 2.24) is 24.5 Å². The van der Waals surface area contributed by atoms with Gasteiger partial charge in [0.25, 0.3) is 0 Å². The first kappa shape index (κ1) is 17.2. The van der Waals surface area contributed by atoms with Crippen molar-refractivity contribution in [3.05, 3.63) is 54.4 Å². The summed E-state index contributed by atoms with van der Waals surface area (Å²) in [5.74, 6) is 1.09. The molecule has 132 valence electrons. The molecule has 0 aliphatic rings. The lowest BCUT2D eigenvalue weighted by atomic mass is 10.2. The molecule has 9 heteroatoms. The van der Waals surface area contributed by atoms with Crippen LogP contribution in [0.25, 0.3) is 5.69 Å². The van der Waals surface area contributed by atoms with Gasteiger partial charge in [0.05, 0.1) is 24.3 Å². The number of hydrogen-bond acceptors (Lipinski definition) is 5. The third kappa shape index (κ3) is 3.41. The summed E-state index contributed by atoms with van der Waals surface area (Å²) in [6, 6.07) is 8.43. The molecule has 2 heterocycles. The molecular formula is C16H20N6O2S. The summed E-state index contributed by atoms with van der Waals surface area (Å²) < 4.78 is 29.6. The van der Waals surface area contributed by atoms with Gasteiger partial charge >= 0.3 is 0 Å². The molecule has 3 rings (SSSR count). The number of nitrogens with zero attached hydrogens (tertiary/aromatic N) is 6. The molecule has 0 N–H and O–H groups in total. The van der Waals surface area contributed by atoms with Crippen LogP contribution in [0.1, 0.15) is 24.6 Å². The molecule has 1 unspecified atom stereocenters. The van der Waals surface area contributed by atoms with Crippen LogP contribution < -0.4 is 4.31 Å². The molecule has 0 bridgehead atoms. The Balaban J connectivity index is 2.12. The second kappa shape index (κ2) is 6.32. The number of para-hydroxylation sites is 1. The van der Waals surface area contributed by atoms with Gasteiger partial charge in [-0.2, -0.15) is 10.2 Å². The van der Waals surface area contributed by atoms with Gasteiger partial charge in [-0.3, -0.25) is 8.99 Å². The Bertz CT molecular complexity index is 977. The second-order valence-corrected chi connectivity index (χ2v) is 7.73. The van der Waals surface area contributed by atoms with E-state index >= 15 is 0 Å².